The van der Waals surface area contributed by atoms with Crippen molar-refractivity contribution in [3.05, 3.63) is 72.8 Å². The topological polar surface area (TPSA) is 95.8 Å². The van der Waals surface area contributed by atoms with Crippen LogP contribution in [0.3, 0.4) is 0 Å². The van der Waals surface area contributed by atoms with Gasteiger partial charge < -0.3 is 18.9 Å². The first-order valence-corrected chi connectivity index (χ1v) is 9.88. The van der Waals surface area contributed by atoms with Gasteiger partial charge in [-0.3, -0.25) is 0 Å². The van der Waals surface area contributed by atoms with Crippen molar-refractivity contribution in [3.8, 4) is 11.5 Å². The molecule has 0 aromatic heterocycles. The Kier molecular flexibility index (Phi) is 9.65. The monoisotopic (exact) mass is 438 g/mol. The predicted molar refractivity (Wildman–Crippen MR) is 120 cm³/mol. The molecule has 0 atom stereocenters. The number of esters is 2. The third-order valence-corrected chi connectivity index (χ3v) is 3.82. The van der Waals surface area contributed by atoms with Gasteiger partial charge in [-0.25, -0.2) is 9.59 Å². The predicted octanol–water partition coefficient (Wildman–Crippen LogP) is 5.10. The number of rotatable bonds is 12. The minimum Gasteiger partial charge on any atom is -0.490 e. The molecule has 0 aliphatic heterocycles. The Labute approximate surface area is 187 Å². The fourth-order valence-corrected chi connectivity index (χ4v) is 2.17. The van der Waals surface area contributed by atoms with E-state index >= 15 is 0 Å². The molecule has 2 aromatic rings. The zero-order valence-electron chi connectivity index (χ0n) is 18.2. The Morgan fingerprint density at radius 1 is 0.656 bits per heavy atom. The van der Waals surface area contributed by atoms with Crippen LogP contribution in [0.15, 0.2) is 83.1 Å². The molecule has 8 heteroatoms. The van der Waals surface area contributed by atoms with Gasteiger partial charge in [0.15, 0.2) is 0 Å². The third-order valence-electron chi connectivity index (χ3n) is 3.82. The average Bonchev–Trinajstić information content (AvgIpc) is 2.79. The van der Waals surface area contributed by atoms with Crippen molar-refractivity contribution in [2.75, 3.05) is 26.4 Å². The van der Waals surface area contributed by atoms with Crippen LogP contribution >= 0.6 is 0 Å². The van der Waals surface area contributed by atoms with Crippen LogP contribution in [0.25, 0.3) is 0 Å². The molecule has 0 aliphatic carbocycles. The molecule has 0 saturated heterocycles. The van der Waals surface area contributed by atoms with Crippen molar-refractivity contribution in [1.82, 2.24) is 0 Å². The molecule has 0 radical (unpaired) electrons. The maximum absolute atomic E-state index is 11.3. The first-order chi connectivity index (χ1) is 15.3. The molecular weight excluding hydrogens is 412 g/mol. The molecule has 0 unspecified atom stereocenters. The molecule has 0 fully saturated rings. The number of hydrogen-bond donors (Lipinski definition) is 0. The van der Waals surface area contributed by atoms with Gasteiger partial charge in [-0.05, 0) is 62.4 Å². The summed E-state index contributed by atoms with van der Waals surface area (Å²) in [5, 5.41) is 8.36. The second kappa shape index (κ2) is 12.7. The second-order valence-electron chi connectivity index (χ2n) is 6.72. The fourth-order valence-electron chi connectivity index (χ4n) is 2.17. The maximum Gasteiger partial charge on any atom is 0.333 e. The maximum atomic E-state index is 11.3. The summed E-state index contributed by atoms with van der Waals surface area (Å²) in [5.41, 5.74) is 2.02. The molecule has 0 saturated carbocycles. The lowest BCUT2D eigenvalue weighted by atomic mass is 10.3. The van der Waals surface area contributed by atoms with E-state index in [-0.39, 0.29) is 26.4 Å². The Morgan fingerprint density at radius 2 is 1.00 bits per heavy atom. The lowest BCUT2D eigenvalue weighted by Crippen LogP contribution is -2.12. The lowest BCUT2D eigenvalue weighted by Gasteiger charge is -2.07. The van der Waals surface area contributed by atoms with Crippen molar-refractivity contribution in [1.29, 1.82) is 0 Å². The van der Waals surface area contributed by atoms with Crippen LogP contribution in [0.5, 0.6) is 11.5 Å². The van der Waals surface area contributed by atoms with E-state index in [1.165, 1.54) is 0 Å². The van der Waals surface area contributed by atoms with Gasteiger partial charge in [-0.1, -0.05) is 13.2 Å². The van der Waals surface area contributed by atoms with Gasteiger partial charge in [0.2, 0.25) is 0 Å². The number of ether oxygens (including phenoxy) is 4. The third kappa shape index (κ3) is 8.83. The summed E-state index contributed by atoms with van der Waals surface area (Å²) in [6.07, 6.45) is 0. The van der Waals surface area contributed by atoms with Gasteiger partial charge in [0.05, 0.1) is 11.4 Å². The van der Waals surface area contributed by atoms with Crippen molar-refractivity contribution in [3.63, 3.8) is 0 Å². The van der Waals surface area contributed by atoms with E-state index in [0.29, 0.717) is 34.0 Å². The van der Waals surface area contributed by atoms with Gasteiger partial charge in [-0.2, -0.15) is 10.2 Å². The first-order valence-electron chi connectivity index (χ1n) is 9.88. The quantitative estimate of drug-likeness (QED) is 0.198. The van der Waals surface area contributed by atoms with Crippen molar-refractivity contribution < 1.29 is 28.5 Å². The van der Waals surface area contributed by atoms with E-state index < -0.39 is 11.9 Å². The zero-order valence-corrected chi connectivity index (χ0v) is 18.2. The molecule has 0 N–H and O–H groups in total. The van der Waals surface area contributed by atoms with Crippen LogP contribution in [0.2, 0.25) is 0 Å². The van der Waals surface area contributed by atoms with Gasteiger partial charge in [0.1, 0.15) is 37.9 Å². The second-order valence-corrected chi connectivity index (χ2v) is 6.72. The smallest absolute Gasteiger partial charge is 0.333 e. The van der Waals surface area contributed by atoms with Crippen LogP contribution in [-0.2, 0) is 19.1 Å². The zero-order chi connectivity index (χ0) is 23.3. The highest BCUT2D eigenvalue weighted by Gasteiger charge is 2.04. The van der Waals surface area contributed by atoms with E-state index in [1.54, 1.807) is 62.4 Å². The average molecular weight is 438 g/mol. The molecule has 0 heterocycles. The summed E-state index contributed by atoms with van der Waals surface area (Å²) < 4.78 is 20.9. The Balaban J connectivity index is 1.74. The number of nitrogens with zero attached hydrogens (tertiary/aromatic N) is 2. The van der Waals surface area contributed by atoms with E-state index in [2.05, 4.69) is 23.4 Å². The standard InChI is InChI=1S/C24H26N2O6/c1-17(2)23(27)31-15-13-29-21-9-5-19(6-10-21)25-26-20-7-11-22(12-8-20)30-14-16-32-24(28)18(3)4/h5-12H,1,3,13-16H2,2,4H3. The Hall–Kier alpha value is -3.94. The molecule has 0 bridgehead atoms. The van der Waals surface area contributed by atoms with E-state index in [1.807, 2.05) is 0 Å². The minimum absolute atomic E-state index is 0.145. The normalized spacial score (nSPS) is 10.4. The Morgan fingerprint density at radius 3 is 1.31 bits per heavy atom. The SMILES string of the molecule is C=C(C)C(=O)OCCOc1ccc(N=Nc2ccc(OCCOC(=O)C(=C)C)cc2)cc1. The molecular formula is C24H26N2O6. The van der Waals surface area contributed by atoms with Gasteiger partial charge in [-0.15, -0.1) is 0 Å². The van der Waals surface area contributed by atoms with Crippen LogP contribution in [0.1, 0.15) is 13.8 Å². The number of azo groups is 1. The molecule has 8 nitrogen and oxygen atoms in total. The van der Waals surface area contributed by atoms with E-state index in [4.69, 9.17) is 18.9 Å². The van der Waals surface area contributed by atoms with Gasteiger partial charge in [0.25, 0.3) is 0 Å². The molecule has 32 heavy (non-hydrogen) atoms. The molecule has 0 aliphatic rings. The summed E-state index contributed by atoms with van der Waals surface area (Å²) >= 11 is 0. The van der Waals surface area contributed by atoms with E-state index in [0.717, 1.165) is 0 Å². The number of benzene rings is 2. The Bertz CT molecular complexity index is 885. The lowest BCUT2D eigenvalue weighted by molar-refractivity contribution is -0.140. The molecule has 2 aromatic carbocycles. The fraction of sp³-hybridized carbons (Fsp3) is 0.250. The molecule has 2 rings (SSSR count). The van der Waals surface area contributed by atoms with Crippen molar-refractivity contribution >= 4 is 23.3 Å². The highest BCUT2D eigenvalue weighted by atomic mass is 16.6. The van der Waals surface area contributed by atoms with Crippen molar-refractivity contribution in [2.45, 2.75) is 13.8 Å². The van der Waals surface area contributed by atoms with Crippen LogP contribution < -0.4 is 9.47 Å². The van der Waals surface area contributed by atoms with Crippen LogP contribution in [0, 0.1) is 0 Å². The summed E-state index contributed by atoms with van der Waals surface area (Å²) in [7, 11) is 0. The molecule has 0 amide bonds. The summed E-state index contributed by atoms with van der Waals surface area (Å²) in [6.45, 7) is 11.0. The minimum atomic E-state index is -0.437. The largest absolute Gasteiger partial charge is 0.490 e. The summed E-state index contributed by atoms with van der Waals surface area (Å²) in [4.78, 5) is 22.6. The molecule has 0 spiro atoms. The van der Waals surface area contributed by atoms with Gasteiger partial charge in [0, 0.05) is 11.1 Å². The first kappa shape index (κ1) is 24.3. The molecule has 168 valence electrons. The number of hydrogen-bond acceptors (Lipinski definition) is 8. The highest BCUT2D eigenvalue weighted by Crippen LogP contribution is 2.23. The van der Waals surface area contributed by atoms with E-state index in [9.17, 15) is 9.59 Å². The van der Waals surface area contributed by atoms with Crippen LogP contribution in [-0.4, -0.2) is 38.4 Å². The number of carbonyl (C=O) groups is 2. The highest BCUT2D eigenvalue weighted by molar-refractivity contribution is 5.87. The number of carbonyl (C=O) groups excluding carboxylic acids is 2. The summed E-state index contributed by atoms with van der Waals surface area (Å²) in [5.74, 6) is 0.387. The van der Waals surface area contributed by atoms with Crippen molar-refractivity contribution in [2.24, 2.45) is 10.2 Å². The van der Waals surface area contributed by atoms with Crippen LogP contribution in [0.4, 0.5) is 11.4 Å². The van der Waals surface area contributed by atoms with Gasteiger partial charge >= 0.3 is 11.9 Å². The summed E-state index contributed by atoms with van der Waals surface area (Å²) in [6, 6.07) is 14.1.